The Kier molecular flexibility index (Phi) is 7.90. The fraction of sp³-hybridized carbons (Fsp3) is 0.385. The van der Waals surface area contributed by atoms with Crippen molar-refractivity contribution in [3.05, 3.63) is 53.1 Å². The summed E-state index contributed by atoms with van der Waals surface area (Å²) in [7, 11) is -3.56. The fourth-order valence-corrected chi connectivity index (χ4v) is 5.78. The molecule has 0 saturated carbocycles. The predicted molar refractivity (Wildman–Crippen MR) is 135 cm³/mol. The van der Waals surface area contributed by atoms with Gasteiger partial charge in [0.25, 0.3) is 5.89 Å². The van der Waals surface area contributed by atoms with Crippen LogP contribution < -0.4 is 9.46 Å². The molecule has 3 aromatic rings. The molecule has 1 N–H and O–H groups in total. The van der Waals surface area contributed by atoms with Gasteiger partial charge in [0, 0.05) is 24.6 Å². The van der Waals surface area contributed by atoms with E-state index in [2.05, 4.69) is 20.9 Å². The predicted octanol–water partition coefficient (Wildman–Crippen LogP) is 3.57. The number of ether oxygens (including phenoxy) is 2. The second kappa shape index (κ2) is 11.1. The van der Waals surface area contributed by atoms with Crippen LogP contribution in [0.5, 0.6) is 5.75 Å². The summed E-state index contributed by atoms with van der Waals surface area (Å²) in [6.07, 6.45) is 1.29. The highest BCUT2D eigenvalue weighted by Gasteiger charge is 2.30. The van der Waals surface area contributed by atoms with E-state index >= 15 is 0 Å². The minimum atomic E-state index is -3.56. The molecule has 2 aromatic carbocycles. The smallest absolute Gasteiger partial charge is 0.302 e. The minimum Gasteiger partial charge on any atom is -0.490 e. The van der Waals surface area contributed by atoms with E-state index in [0.29, 0.717) is 35.5 Å². The summed E-state index contributed by atoms with van der Waals surface area (Å²) < 4.78 is 43.6. The molecule has 37 heavy (non-hydrogen) atoms. The van der Waals surface area contributed by atoms with Gasteiger partial charge < -0.3 is 14.0 Å². The van der Waals surface area contributed by atoms with Gasteiger partial charge in [0.15, 0.2) is 0 Å². The molecule has 1 aliphatic carbocycles. The largest absolute Gasteiger partial charge is 0.490 e. The summed E-state index contributed by atoms with van der Waals surface area (Å²) in [5, 5.41) is 13.7. The van der Waals surface area contributed by atoms with Gasteiger partial charge in [-0.1, -0.05) is 23.4 Å². The summed E-state index contributed by atoms with van der Waals surface area (Å²) >= 11 is 0. The average molecular weight is 525 g/mol. The third-order valence-electron chi connectivity index (χ3n) is 5.92. The first-order valence-corrected chi connectivity index (χ1v) is 13.6. The van der Waals surface area contributed by atoms with Gasteiger partial charge in [-0.25, -0.2) is 13.1 Å². The second-order valence-corrected chi connectivity index (χ2v) is 10.9. The third kappa shape index (κ3) is 6.34. The van der Waals surface area contributed by atoms with Gasteiger partial charge in [0.2, 0.25) is 15.8 Å². The zero-order valence-corrected chi connectivity index (χ0v) is 21.7. The van der Waals surface area contributed by atoms with E-state index in [1.807, 2.05) is 32.0 Å². The van der Waals surface area contributed by atoms with Crippen molar-refractivity contribution in [2.45, 2.75) is 45.6 Å². The molecule has 0 amide bonds. The highest BCUT2D eigenvalue weighted by Crippen LogP contribution is 2.39. The summed E-state index contributed by atoms with van der Waals surface area (Å²) in [5.41, 5.74) is 3.69. The number of nitriles is 1. The van der Waals surface area contributed by atoms with Gasteiger partial charge in [-0.3, -0.25) is 4.79 Å². The van der Waals surface area contributed by atoms with E-state index in [1.54, 1.807) is 18.2 Å². The second-order valence-electron chi connectivity index (χ2n) is 9.04. The Labute approximate surface area is 215 Å². The Hall–Kier alpha value is -3.75. The topological polar surface area (TPSA) is 144 Å². The van der Waals surface area contributed by atoms with E-state index in [1.165, 1.54) is 6.92 Å². The number of sulfonamides is 1. The van der Waals surface area contributed by atoms with Crippen molar-refractivity contribution >= 4 is 16.0 Å². The maximum atomic E-state index is 12.6. The van der Waals surface area contributed by atoms with Crippen LogP contribution in [0, 0.1) is 11.3 Å². The standard InChI is InChI=1S/C26H28N4O6S/c1-16(2)35-24-10-8-18(13-20(24)14-27)26-29-25(30-36-26)23-6-4-5-21-19(7-9-22(21)23)15-37(32,33)28-11-12-34-17(3)31/h4-6,8,10,13,16,19,28H,7,9,11-12,15H2,1-3H3/t19-/m0/s1. The van der Waals surface area contributed by atoms with Crippen molar-refractivity contribution in [2.75, 3.05) is 18.9 Å². The molecule has 0 radical (unpaired) electrons. The first-order valence-electron chi connectivity index (χ1n) is 11.9. The lowest BCUT2D eigenvalue weighted by molar-refractivity contribution is -0.140. The van der Waals surface area contributed by atoms with Crippen molar-refractivity contribution in [3.8, 4) is 34.7 Å². The molecule has 0 bridgehead atoms. The number of esters is 1. The van der Waals surface area contributed by atoms with Gasteiger partial charge in [-0.15, -0.1) is 0 Å². The van der Waals surface area contributed by atoms with Crippen LogP contribution >= 0.6 is 0 Å². The fourth-order valence-electron chi connectivity index (χ4n) is 4.40. The maximum absolute atomic E-state index is 12.6. The zero-order chi connectivity index (χ0) is 26.6. The van der Waals surface area contributed by atoms with Crippen molar-refractivity contribution in [2.24, 2.45) is 0 Å². The van der Waals surface area contributed by atoms with Crippen molar-refractivity contribution in [3.63, 3.8) is 0 Å². The number of nitrogens with zero attached hydrogens (tertiary/aromatic N) is 3. The maximum Gasteiger partial charge on any atom is 0.302 e. The molecule has 11 heteroatoms. The zero-order valence-electron chi connectivity index (χ0n) is 20.9. The minimum absolute atomic E-state index is 0.0105. The molecule has 0 fully saturated rings. The van der Waals surface area contributed by atoms with Gasteiger partial charge in [0.1, 0.15) is 18.4 Å². The molecule has 194 valence electrons. The quantitative estimate of drug-likeness (QED) is 0.311. The van der Waals surface area contributed by atoms with Crippen LogP contribution in [0.15, 0.2) is 40.9 Å². The number of aromatic nitrogens is 2. The molecular formula is C26H28N4O6S. The number of benzene rings is 2. The average Bonchev–Trinajstić information content (AvgIpc) is 3.49. The van der Waals surface area contributed by atoms with E-state index in [0.717, 1.165) is 16.7 Å². The molecule has 4 rings (SSSR count). The molecule has 0 spiro atoms. The van der Waals surface area contributed by atoms with Crippen LogP contribution in [0.2, 0.25) is 0 Å². The van der Waals surface area contributed by atoms with Crippen molar-refractivity contribution < 1.29 is 27.2 Å². The summed E-state index contributed by atoms with van der Waals surface area (Å²) in [5.74, 6) is 0.458. The number of carbonyl (C=O) groups excluding carboxylic acids is 1. The number of rotatable bonds is 10. The highest BCUT2D eigenvalue weighted by molar-refractivity contribution is 7.89. The number of carbonyl (C=O) groups is 1. The molecule has 10 nitrogen and oxygen atoms in total. The first kappa shape index (κ1) is 26.3. The van der Waals surface area contributed by atoms with Gasteiger partial charge >= 0.3 is 5.97 Å². The number of hydrogen-bond acceptors (Lipinski definition) is 9. The summed E-state index contributed by atoms with van der Waals surface area (Å²) in [4.78, 5) is 15.4. The van der Waals surface area contributed by atoms with E-state index in [-0.39, 0.29) is 36.8 Å². The van der Waals surface area contributed by atoms with E-state index in [9.17, 15) is 18.5 Å². The van der Waals surface area contributed by atoms with Gasteiger partial charge in [-0.05, 0) is 61.9 Å². The highest BCUT2D eigenvalue weighted by atomic mass is 32.2. The Bertz CT molecular complexity index is 1440. The molecule has 1 aliphatic rings. The van der Waals surface area contributed by atoms with Crippen LogP contribution in [0.4, 0.5) is 0 Å². The molecule has 1 atom stereocenters. The van der Waals surface area contributed by atoms with Gasteiger partial charge in [0.05, 0.1) is 17.4 Å². The Morgan fingerprint density at radius 2 is 2.11 bits per heavy atom. The summed E-state index contributed by atoms with van der Waals surface area (Å²) in [6, 6.07) is 12.9. The van der Waals surface area contributed by atoms with Crippen LogP contribution in [0.1, 0.15) is 49.8 Å². The van der Waals surface area contributed by atoms with Crippen LogP contribution in [-0.4, -0.2) is 49.5 Å². The summed E-state index contributed by atoms with van der Waals surface area (Å²) in [6.45, 7) is 5.07. The van der Waals surface area contributed by atoms with Crippen LogP contribution in [0.3, 0.4) is 0 Å². The molecular weight excluding hydrogens is 496 g/mol. The number of hydrogen-bond donors (Lipinski definition) is 1. The third-order valence-corrected chi connectivity index (χ3v) is 7.41. The normalized spacial score (nSPS) is 14.8. The Morgan fingerprint density at radius 1 is 1.30 bits per heavy atom. The van der Waals surface area contributed by atoms with Crippen LogP contribution in [-0.2, 0) is 26.0 Å². The SMILES string of the molecule is CC(=O)OCCNS(=O)(=O)C[C@@H]1CCc2c(-c3noc(-c4ccc(OC(C)C)c(C#N)c4)n3)cccc21. The van der Waals surface area contributed by atoms with E-state index < -0.39 is 16.0 Å². The molecule has 1 heterocycles. The first-order chi connectivity index (χ1) is 17.7. The lowest BCUT2D eigenvalue weighted by Gasteiger charge is -2.13. The van der Waals surface area contributed by atoms with Crippen LogP contribution in [0.25, 0.3) is 22.8 Å². The lowest BCUT2D eigenvalue weighted by atomic mass is 9.99. The Morgan fingerprint density at radius 3 is 2.84 bits per heavy atom. The number of fused-ring (bicyclic) bond motifs is 1. The molecule has 0 unspecified atom stereocenters. The number of nitrogens with one attached hydrogen (secondary N) is 1. The lowest BCUT2D eigenvalue weighted by Crippen LogP contribution is -2.31. The monoisotopic (exact) mass is 524 g/mol. The van der Waals surface area contributed by atoms with Gasteiger partial charge in [-0.2, -0.15) is 10.2 Å². The Balaban J connectivity index is 1.52. The van der Waals surface area contributed by atoms with Crippen molar-refractivity contribution in [1.82, 2.24) is 14.9 Å². The molecule has 0 aliphatic heterocycles. The molecule has 0 saturated heterocycles. The van der Waals surface area contributed by atoms with Crippen molar-refractivity contribution in [1.29, 1.82) is 5.26 Å². The van der Waals surface area contributed by atoms with E-state index in [4.69, 9.17) is 14.0 Å². The molecule has 1 aromatic heterocycles.